The van der Waals surface area contributed by atoms with Crippen molar-refractivity contribution < 1.29 is 23.5 Å². The lowest BCUT2D eigenvalue weighted by Crippen LogP contribution is -2.44. The summed E-state index contributed by atoms with van der Waals surface area (Å²) in [5.41, 5.74) is 1.42. The Balaban J connectivity index is 1.59. The number of morpholine rings is 1. The minimum absolute atomic E-state index is 0.0598. The number of esters is 1. The van der Waals surface area contributed by atoms with Crippen LogP contribution in [0.3, 0.4) is 0 Å². The van der Waals surface area contributed by atoms with Crippen LogP contribution in [-0.2, 0) is 14.3 Å². The summed E-state index contributed by atoms with van der Waals surface area (Å²) in [5, 5.41) is 0. The number of oxazole rings is 1. The molecule has 7 nitrogen and oxygen atoms in total. The third kappa shape index (κ3) is 4.26. The van der Waals surface area contributed by atoms with E-state index in [2.05, 4.69) is 4.98 Å². The molecule has 0 saturated carbocycles. The van der Waals surface area contributed by atoms with Crippen molar-refractivity contribution in [2.75, 3.05) is 26.3 Å². The minimum atomic E-state index is -1.06. The minimum Gasteiger partial charge on any atom is -0.442 e. The number of aromatic nitrogens is 1. The molecule has 1 atom stereocenters. The molecule has 0 unspecified atom stereocenters. The number of hydrogen-bond donors (Lipinski definition) is 0. The molecule has 154 valence electrons. The second kappa shape index (κ2) is 8.92. The summed E-state index contributed by atoms with van der Waals surface area (Å²) < 4.78 is 16.7. The maximum absolute atomic E-state index is 13.1. The fourth-order valence-corrected chi connectivity index (χ4v) is 3.29. The number of amides is 1. The highest BCUT2D eigenvalue weighted by atomic mass is 16.6. The molecular formula is C23H22N2O5. The molecule has 7 heteroatoms. The number of rotatable bonds is 5. The summed E-state index contributed by atoms with van der Waals surface area (Å²) in [7, 11) is 0. The maximum atomic E-state index is 13.1. The molecule has 4 rings (SSSR count). The third-order valence-electron chi connectivity index (χ3n) is 4.88. The van der Waals surface area contributed by atoms with Crippen LogP contribution in [0.25, 0.3) is 11.5 Å². The molecule has 0 N–H and O–H groups in total. The van der Waals surface area contributed by atoms with Crippen LogP contribution in [0.4, 0.5) is 0 Å². The Morgan fingerprint density at radius 1 is 1.00 bits per heavy atom. The van der Waals surface area contributed by atoms with Gasteiger partial charge in [-0.15, -0.1) is 0 Å². The molecule has 2 heterocycles. The summed E-state index contributed by atoms with van der Waals surface area (Å²) in [6.45, 7) is 3.49. The Bertz CT molecular complexity index is 1010. The fraction of sp³-hybridized carbons (Fsp3) is 0.261. The summed E-state index contributed by atoms with van der Waals surface area (Å²) >= 11 is 0. The van der Waals surface area contributed by atoms with E-state index in [0.717, 1.165) is 5.56 Å². The average Bonchev–Trinajstić information content (AvgIpc) is 3.20. The zero-order valence-corrected chi connectivity index (χ0v) is 16.6. The molecule has 1 aliphatic rings. The SMILES string of the molecule is Cc1oc(-c2ccccc2)nc1C(=O)O[C@@H](C(=O)N1CCOCC1)c1ccccc1. The molecule has 3 aromatic rings. The number of ether oxygens (including phenoxy) is 2. The van der Waals surface area contributed by atoms with Gasteiger partial charge in [-0.05, 0) is 19.1 Å². The van der Waals surface area contributed by atoms with Crippen LogP contribution in [0.15, 0.2) is 65.1 Å². The second-order valence-corrected chi connectivity index (χ2v) is 6.92. The Kier molecular flexibility index (Phi) is 5.90. The highest BCUT2D eigenvalue weighted by Crippen LogP contribution is 2.26. The van der Waals surface area contributed by atoms with Gasteiger partial charge in [-0.2, -0.15) is 0 Å². The first kappa shape index (κ1) is 19.8. The van der Waals surface area contributed by atoms with Crippen molar-refractivity contribution in [3.8, 4) is 11.5 Å². The lowest BCUT2D eigenvalue weighted by molar-refractivity contribution is -0.145. The molecule has 0 radical (unpaired) electrons. The summed E-state index contributed by atoms with van der Waals surface area (Å²) in [6, 6.07) is 18.3. The Morgan fingerprint density at radius 2 is 1.63 bits per heavy atom. The van der Waals surface area contributed by atoms with E-state index in [0.29, 0.717) is 43.5 Å². The second-order valence-electron chi connectivity index (χ2n) is 6.92. The van der Waals surface area contributed by atoms with Crippen LogP contribution < -0.4 is 0 Å². The van der Waals surface area contributed by atoms with Crippen LogP contribution in [0.1, 0.15) is 27.9 Å². The molecule has 0 bridgehead atoms. The monoisotopic (exact) mass is 406 g/mol. The van der Waals surface area contributed by atoms with Crippen LogP contribution in [-0.4, -0.2) is 48.1 Å². The van der Waals surface area contributed by atoms with Gasteiger partial charge in [-0.25, -0.2) is 9.78 Å². The van der Waals surface area contributed by atoms with Crippen molar-refractivity contribution in [3.05, 3.63) is 77.7 Å². The number of carbonyl (C=O) groups is 2. The van der Waals surface area contributed by atoms with Crippen molar-refractivity contribution in [1.82, 2.24) is 9.88 Å². The van der Waals surface area contributed by atoms with Crippen LogP contribution in [0.2, 0.25) is 0 Å². The van der Waals surface area contributed by atoms with Crippen molar-refractivity contribution in [2.24, 2.45) is 0 Å². The van der Waals surface area contributed by atoms with E-state index in [1.54, 1.807) is 36.1 Å². The van der Waals surface area contributed by atoms with Crippen molar-refractivity contribution >= 4 is 11.9 Å². The largest absolute Gasteiger partial charge is 0.442 e. The molecule has 1 aromatic heterocycles. The molecule has 1 aliphatic heterocycles. The molecule has 1 fully saturated rings. The van der Waals surface area contributed by atoms with Crippen LogP contribution in [0, 0.1) is 6.92 Å². The Labute approximate surface area is 174 Å². The topological polar surface area (TPSA) is 81.9 Å². The number of aryl methyl sites for hydroxylation is 1. The molecule has 30 heavy (non-hydrogen) atoms. The zero-order chi connectivity index (χ0) is 20.9. The third-order valence-corrected chi connectivity index (χ3v) is 4.88. The van der Waals surface area contributed by atoms with Gasteiger partial charge in [0.15, 0.2) is 5.69 Å². The predicted octanol–water partition coefficient (Wildman–Crippen LogP) is 3.41. The lowest BCUT2D eigenvalue weighted by atomic mass is 10.1. The van der Waals surface area contributed by atoms with Crippen molar-refractivity contribution in [2.45, 2.75) is 13.0 Å². The summed E-state index contributed by atoms with van der Waals surface area (Å²) in [6.07, 6.45) is -1.06. The first-order valence-electron chi connectivity index (χ1n) is 9.79. The van der Waals surface area contributed by atoms with E-state index in [1.807, 2.05) is 36.4 Å². The first-order chi connectivity index (χ1) is 14.6. The number of carbonyl (C=O) groups excluding carboxylic acids is 2. The van der Waals surface area contributed by atoms with Gasteiger partial charge >= 0.3 is 5.97 Å². The number of nitrogens with zero attached hydrogens (tertiary/aromatic N) is 2. The van der Waals surface area contributed by atoms with E-state index < -0.39 is 12.1 Å². The lowest BCUT2D eigenvalue weighted by Gasteiger charge is -2.30. The number of benzene rings is 2. The molecular weight excluding hydrogens is 384 g/mol. The summed E-state index contributed by atoms with van der Waals surface area (Å²) in [4.78, 5) is 32.0. The molecule has 1 amide bonds. The van der Waals surface area contributed by atoms with Gasteiger partial charge in [-0.3, -0.25) is 4.79 Å². The quantitative estimate of drug-likeness (QED) is 0.604. The highest BCUT2D eigenvalue weighted by molar-refractivity contribution is 5.92. The zero-order valence-electron chi connectivity index (χ0n) is 16.6. The van der Waals surface area contributed by atoms with Gasteiger partial charge in [0.25, 0.3) is 5.91 Å². The fourth-order valence-electron chi connectivity index (χ4n) is 3.29. The first-order valence-corrected chi connectivity index (χ1v) is 9.79. The number of hydrogen-bond acceptors (Lipinski definition) is 6. The van der Waals surface area contributed by atoms with Crippen molar-refractivity contribution in [1.29, 1.82) is 0 Å². The predicted molar refractivity (Wildman–Crippen MR) is 109 cm³/mol. The van der Waals surface area contributed by atoms with Gasteiger partial charge in [0.05, 0.1) is 13.2 Å². The Morgan fingerprint density at radius 3 is 2.30 bits per heavy atom. The highest BCUT2D eigenvalue weighted by Gasteiger charge is 2.32. The van der Waals surface area contributed by atoms with E-state index in [-0.39, 0.29) is 11.6 Å². The standard InChI is InChI=1S/C23H22N2O5/c1-16-19(24-21(29-16)18-10-6-3-7-11-18)23(27)30-20(17-8-4-2-5-9-17)22(26)25-12-14-28-15-13-25/h2-11,20H,12-15H2,1H3/t20-/m1/s1. The van der Waals surface area contributed by atoms with Gasteiger partial charge in [-0.1, -0.05) is 48.5 Å². The molecule has 1 saturated heterocycles. The van der Waals surface area contributed by atoms with E-state index in [1.165, 1.54) is 0 Å². The van der Waals surface area contributed by atoms with Crippen molar-refractivity contribution in [3.63, 3.8) is 0 Å². The molecule has 0 aliphatic carbocycles. The normalized spacial score (nSPS) is 14.9. The Hall–Kier alpha value is -3.45. The van der Waals surface area contributed by atoms with Gasteiger partial charge in [0, 0.05) is 24.2 Å². The maximum Gasteiger partial charge on any atom is 0.361 e. The van der Waals surface area contributed by atoms with E-state index in [9.17, 15) is 9.59 Å². The smallest absolute Gasteiger partial charge is 0.361 e. The average molecular weight is 406 g/mol. The van der Waals surface area contributed by atoms with Gasteiger partial charge in [0.1, 0.15) is 5.76 Å². The van der Waals surface area contributed by atoms with Gasteiger partial charge < -0.3 is 18.8 Å². The molecule has 0 spiro atoms. The van der Waals surface area contributed by atoms with E-state index in [4.69, 9.17) is 13.9 Å². The van der Waals surface area contributed by atoms with E-state index >= 15 is 0 Å². The van der Waals surface area contributed by atoms with Crippen LogP contribution in [0.5, 0.6) is 0 Å². The van der Waals surface area contributed by atoms with Gasteiger partial charge in [0.2, 0.25) is 12.0 Å². The molecule has 2 aromatic carbocycles. The van der Waals surface area contributed by atoms with Crippen LogP contribution >= 0.6 is 0 Å². The summed E-state index contributed by atoms with van der Waals surface area (Å²) in [5.74, 6) is -0.309.